The van der Waals surface area contributed by atoms with E-state index in [-0.39, 0.29) is 0 Å². The third kappa shape index (κ3) is 2.05. The Morgan fingerprint density at radius 1 is 1.04 bits per heavy atom. The third-order valence-electron chi connectivity index (χ3n) is 5.50. The number of hydrogen-bond acceptors (Lipinski definition) is 0. The molecule has 2 heteroatoms. The molecule has 116 valence electrons. The highest BCUT2D eigenvalue weighted by molar-refractivity contribution is 6.97. The number of H-pyrrole nitrogens is 1. The Balaban J connectivity index is 2.06. The highest BCUT2D eigenvalue weighted by atomic mass is 28.3. The zero-order chi connectivity index (χ0) is 16.2. The topological polar surface area (TPSA) is 15.8 Å². The van der Waals surface area contributed by atoms with Crippen molar-refractivity contribution in [2.24, 2.45) is 0 Å². The molecule has 1 aliphatic rings. The van der Waals surface area contributed by atoms with Crippen LogP contribution in [0.1, 0.15) is 17.5 Å². The van der Waals surface area contributed by atoms with Crippen LogP contribution in [-0.2, 0) is 0 Å². The molecule has 1 N–H and O–H groups in total. The van der Waals surface area contributed by atoms with E-state index in [1.807, 2.05) is 6.20 Å². The molecule has 0 amide bonds. The molecule has 0 fully saturated rings. The average molecular weight is 318 g/mol. The van der Waals surface area contributed by atoms with Gasteiger partial charge in [0, 0.05) is 17.1 Å². The van der Waals surface area contributed by atoms with Crippen molar-refractivity contribution < 1.29 is 0 Å². The second-order valence-corrected chi connectivity index (χ2v) is 11.6. The molecule has 0 aliphatic heterocycles. The number of hydrogen-bond donors (Lipinski definition) is 1. The Kier molecular flexibility index (Phi) is 3.14. The van der Waals surface area contributed by atoms with Gasteiger partial charge in [0.2, 0.25) is 0 Å². The Morgan fingerprint density at radius 2 is 1.87 bits per heavy atom. The maximum absolute atomic E-state index is 3.43. The van der Waals surface area contributed by atoms with Gasteiger partial charge in [-0.2, -0.15) is 0 Å². The summed E-state index contributed by atoms with van der Waals surface area (Å²) in [6.45, 7) is 9.55. The van der Waals surface area contributed by atoms with E-state index in [1.54, 1.807) is 10.4 Å². The lowest BCUT2D eigenvalue weighted by Gasteiger charge is -2.26. The molecule has 0 saturated carbocycles. The van der Waals surface area contributed by atoms with Crippen LogP contribution < -0.4 is 5.19 Å². The number of aromatic nitrogens is 1. The monoisotopic (exact) mass is 317 g/mol. The minimum Gasteiger partial charge on any atom is -0.361 e. The molecule has 1 nitrogen and oxygen atoms in total. The van der Waals surface area contributed by atoms with Crippen LogP contribution in [0.2, 0.25) is 13.1 Å². The van der Waals surface area contributed by atoms with Gasteiger partial charge in [-0.05, 0) is 53.9 Å². The predicted octanol–water partition coefficient (Wildman–Crippen LogP) is 5.28. The third-order valence-corrected chi connectivity index (χ3v) is 9.39. The number of rotatable bonds is 2. The molecule has 2 aromatic carbocycles. The van der Waals surface area contributed by atoms with Crippen LogP contribution >= 0.6 is 0 Å². The van der Waals surface area contributed by atoms with Crippen molar-refractivity contribution in [3.8, 4) is 0 Å². The predicted molar refractivity (Wildman–Crippen MR) is 104 cm³/mol. The quantitative estimate of drug-likeness (QED) is 0.619. The van der Waals surface area contributed by atoms with Gasteiger partial charge >= 0.3 is 0 Å². The second-order valence-electron chi connectivity index (χ2n) is 7.25. The van der Waals surface area contributed by atoms with Crippen LogP contribution in [0.5, 0.6) is 0 Å². The first-order chi connectivity index (χ1) is 11.0. The maximum Gasteiger partial charge on any atom is 0.109 e. The van der Waals surface area contributed by atoms with Gasteiger partial charge in [0.05, 0.1) is 0 Å². The molecule has 1 heterocycles. The molecule has 3 aromatic rings. The number of aryl methyl sites for hydroxylation is 2. The van der Waals surface area contributed by atoms with Gasteiger partial charge in [-0.3, -0.25) is 0 Å². The summed E-state index contributed by atoms with van der Waals surface area (Å²) in [6.07, 6.45) is 10.0. The first-order valence-electron chi connectivity index (χ1n) is 8.37. The summed E-state index contributed by atoms with van der Waals surface area (Å²) in [5, 5.41) is 7.47. The molecule has 1 aliphatic carbocycles. The van der Waals surface area contributed by atoms with Crippen molar-refractivity contribution in [1.82, 2.24) is 4.98 Å². The summed E-state index contributed by atoms with van der Waals surface area (Å²) in [6, 6.07) is 9.09. The van der Waals surface area contributed by atoms with E-state index in [4.69, 9.17) is 0 Å². The molecular formula is C21H23NSi. The standard InChI is InChI=1S/C21H23NSi/c1-14-12-18-15(2)17-10-7-11-22-20(17)13-19(18)21(14)23(3,4)16-8-5-6-9-16/h5-8,10-13,22H,9H2,1-4H3. The maximum atomic E-state index is 3.43. The van der Waals surface area contributed by atoms with Crippen molar-refractivity contribution in [2.75, 3.05) is 0 Å². The fourth-order valence-electron chi connectivity index (χ4n) is 4.26. The number of nitrogens with one attached hydrogen (secondary N) is 1. The average Bonchev–Trinajstić information content (AvgIpc) is 3.15. The van der Waals surface area contributed by atoms with Gasteiger partial charge in [0.1, 0.15) is 8.07 Å². The molecule has 1 aromatic heterocycles. The van der Waals surface area contributed by atoms with Crippen LogP contribution in [0, 0.1) is 13.8 Å². The molecular weight excluding hydrogens is 294 g/mol. The highest BCUT2D eigenvalue weighted by Gasteiger charge is 2.32. The lowest BCUT2D eigenvalue weighted by atomic mass is 10.0. The van der Waals surface area contributed by atoms with Gasteiger partial charge in [-0.1, -0.05) is 54.2 Å². The van der Waals surface area contributed by atoms with Crippen molar-refractivity contribution in [2.45, 2.75) is 33.4 Å². The van der Waals surface area contributed by atoms with E-state index in [0.717, 1.165) is 6.42 Å². The van der Waals surface area contributed by atoms with Crippen molar-refractivity contribution in [3.05, 3.63) is 65.0 Å². The first kappa shape index (κ1) is 14.5. The molecule has 0 unspecified atom stereocenters. The van der Waals surface area contributed by atoms with E-state index in [0.29, 0.717) is 0 Å². The Hall–Kier alpha value is -2.06. The van der Waals surface area contributed by atoms with E-state index < -0.39 is 8.07 Å². The lowest BCUT2D eigenvalue weighted by Crippen LogP contribution is -2.44. The minimum atomic E-state index is -1.63. The normalized spacial score (nSPS) is 14.9. The van der Waals surface area contributed by atoms with Crippen LogP contribution in [-0.4, -0.2) is 13.1 Å². The summed E-state index contributed by atoms with van der Waals surface area (Å²) < 4.78 is 0. The zero-order valence-electron chi connectivity index (χ0n) is 14.3. The summed E-state index contributed by atoms with van der Waals surface area (Å²) in [7, 11) is -1.63. The minimum absolute atomic E-state index is 1.13. The number of pyridine rings is 1. The molecule has 0 bridgehead atoms. The number of benzene rings is 1. The largest absolute Gasteiger partial charge is 0.361 e. The van der Waals surface area contributed by atoms with Gasteiger partial charge in [0.15, 0.2) is 0 Å². The van der Waals surface area contributed by atoms with E-state index >= 15 is 0 Å². The fraction of sp³-hybridized carbons (Fsp3) is 0.238. The van der Waals surface area contributed by atoms with Crippen molar-refractivity contribution in [1.29, 1.82) is 0 Å². The molecule has 4 rings (SSSR count). The molecule has 0 spiro atoms. The molecule has 0 radical (unpaired) electrons. The number of aromatic amines is 1. The first-order valence-corrected chi connectivity index (χ1v) is 11.4. The van der Waals surface area contributed by atoms with E-state index in [9.17, 15) is 0 Å². The van der Waals surface area contributed by atoms with Gasteiger partial charge < -0.3 is 4.98 Å². The zero-order valence-corrected chi connectivity index (χ0v) is 15.3. The fourth-order valence-corrected chi connectivity index (χ4v) is 7.66. The molecule has 0 atom stereocenters. The van der Waals surface area contributed by atoms with Crippen molar-refractivity contribution in [3.63, 3.8) is 0 Å². The van der Waals surface area contributed by atoms with Crippen LogP contribution in [0.3, 0.4) is 0 Å². The van der Waals surface area contributed by atoms with Crippen LogP contribution in [0.4, 0.5) is 0 Å². The van der Waals surface area contributed by atoms with E-state index in [1.165, 1.54) is 32.8 Å². The van der Waals surface area contributed by atoms with Crippen molar-refractivity contribution >= 4 is 34.9 Å². The van der Waals surface area contributed by atoms with Gasteiger partial charge in [-0.25, -0.2) is 0 Å². The van der Waals surface area contributed by atoms with Crippen LogP contribution in [0.25, 0.3) is 21.7 Å². The summed E-state index contributed by atoms with van der Waals surface area (Å²) >= 11 is 0. The molecule has 0 saturated heterocycles. The summed E-state index contributed by atoms with van der Waals surface area (Å²) in [4.78, 5) is 3.43. The SMILES string of the molecule is Cc1cc2c(C)c3ccc[nH]c3cc2c1[Si](C)(C)C1=CC=CC1. The summed E-state index contributed by atoms with van der Waals surface area (Å²) in [5.41, 5.74) is 4.10. The molecule has 23 heavy (non-hydrogen) atoms. The number of fused-ring (bicyclic) bond motifs is 2. The lowest BCUT2D eigenvalue weighted by molar-refractivity contribution is 1.36. The second kappa shape index (κ2) is 4.97. The van der Waals surface area contributed by atoms with Gasteiger partial charge in [0.25, 0.3) is 0 Å². The van der Waals surface area contributed by atoms with Crippen LogP contribution in [0.15, 0.2) is 53.9 Å². The summed E-state index contributed by atoms with van der Waals surface area (Å²) in [5.74, 6) is 0. The Labute approximate surface area is 138 Å². The van der Waals surface area contributed by atoms with Gasteiger partial charge in [-0.15, -0.1) is 0 Å². The highest BCUT2D eigenvalue weighted by Crippen LogP contribution is 2.32. The Morgan fingerprint density at radius 3 is 2.61 bits per heavy atom. The number of allylic oxidation sites excluding steroid dienone is 4. The smallest absolute Gasteiger partial charge is 0.109 e. The van der Waals surface area contributed by atoms with E-state index in [2.05, 4.69) is 74.4 Å². The Bertz CT molecular complexity index is 986.